The van der Waals surface area contributed by atoms with Crippen LogP contribution in [0, 0.1) is 12.8 Å². The number of aryl methyl sites for hydroxylation is 2. The second-order valence-electron chi connectivity index (χ2n) is 4.93. The van der Waals surface area contributed by atoms with Crippen molar-refractivity contribution < 1.29 is 0 Å². The Morgan fingerprint density at radius 1 is 1.50 bits per heavy atom. The van der Waals surface area contributed by atoms with Crippen LogP contribution in [0.5, 0.6) is 0 Å². The first kappa shape index (κ1) is 11.5. The molecule has 90 valence electrons. The number of nitrogens with one attached hydrogen (secondary N) is 1. The molecule has 1 heterocycles. The molecule has 16 heavy (non-hydrogen) atoms. The van der Waals surface area contributed by atoms with Crippen molar-refractivity contribution in [1.29, 1.82) is 0 Å². The van der Waals surface area contributed by atoms with Crippen LogP contribution in [-0.2, 0) is 13.6 Å². The molecule has 1 fully saturated rings. The Hall–Kier alpha value is -1.03. The summed E-state index contributed by atoms with van der Waals surface area (Å²) >= 11 is 0. The van der Waals surface area contributed by atoms with Crippen LogP contribution >= 0.6 is 0 Å². The fourth-order valence-corrected chi connectivity index (χ4v) is 2.28. The second kappa shape index (κ2) is 4.45. The lowest BCUT2D eigenvalue weighted by molar-refractivity contribution is 0.313. The van der Waals surface area contributed by atoms with E-state index in [-0.39, 0.29) is 0 Å². The number of aromatic nitrogens is 2. The minimum Gasteiger partial charge on any atom is -0.373 e. The summed E-state index contributed by atoms with van der Waals surface area (Å²) in [5.74, 6) is 2.08. The first-order valence-corrected chi connectivity index (χ1v) is 6.00. The lowest BCUT2D eigenvalue weighted by atomic mass is 10.2. The van der Waals surface area contributed by atoms with Crippen molar-refractivity contribution >= 4 is 5.82 Å². The number of anilines is 1. The van der Waals surface area contributed by atoms with Crippen molar-refractivity contribution in [3.63, 3.8) is 0 Å². The summed E-state index contributed by atoms with van der Waals surface area (Å²) in [6.45, 7) is 4.30. The maximum Gasteiger partial charge on any atom is 0.128 e. The van der Waals surface area contributed by atoms with Crippen LogP contribution in [0.25, 0.3) is 0 Å². The quantitative estimate of drug-likeness (QED) is 0.821. The van der Waals surface area contributed by atoms with E-state index in [4.69, 9.17) is 0 Å². The van der Waals surface area contributed by atoms with E-state index in [1.807, 2.05) is 18.8 Å². The summed E-state index contributed by atoms with van der Waals surface area (Å²) in [4.78, 5) is 2.41. The van der Waals surface area contributed by atoms with Gasteiger partial charge in [0.1, 0.15) is 5.82 Å². The Kier molecular flexibility index (Phi) is 3.19. The third kappa shape index (κ3) is 2.38. The van der Waals surface area contributed by atoms with Gasteiger partial charge in [0.25, 0.3) is 0 Å². The summed E-state index contributed by atoms with van der Waals surface area (Å²) in [6.07, 6.45) is 2.82. The minimum absolute atomic E-state index is 0.944. The van der Waals surface area contributed by atoms with Crippen LogP contribution in [0.2, 0.25) is 0 Å². The molecule has 0 aliphatic heterocycles. The summed E-state index contributed by atoms with van der Waals surface area (Å²) in [7, 11) is 6.15. The Balaban J connectivity index is 2.06. The van der Waals surface area contributed by atoms with Gasteiger partial charge in [-0.3, -0.25) is 4.68 Å². The van der Waals surface area contributed by atoms with Crippen LogP contribution in [0.4, 0.5) is 5.82 Å². The topological polar surface area (TPSA) is 33.1 Å². The van der Waals surface area contributed by atoms with E-state index in [9.17, 15) is 0 Å². The van der Waals surface area contributed by atoms with Gasteiger partial charge in [0.15, 0.2) is 0 Å². The summed E-state index contributed by atoms with van der Waals surface area (Å²) < 4.78 is 1.93. The van der Waals surface area contributed by atoms with E-state index in [2.05, 4.69) is 29.3 Å². The smallest absolute Gasteiger partial charge is 0.128 e. The highest BCUT2D eigenvalue weighted by Crippen LogP contribution is 2.30. The van der Waals surface area contributed by atoms with Gasteiger partial charge in [0.2, 0.25) is 0 Å². The van der Waals surface area contributed by atoms with E-state index in [1.165, 1.54) is 24.9 Å². The van der Waals surface area contributed by atoms with Gasteiger partial charge in [-0.05, 0) is 32.7 Å². The van der Waals surface area contributed by atoms with Crippen molar-refractivity contribution in [3.05, 3.63) is 11.3 Å². The van der Waals surface area contributed by atoms with Gasteiger partial charge >= 0.3 is 0 Å². The van der Waals surface area contributed by atoms with E-state index >= 15 is 0 Å². The first-order valence-electron chi connectivity index (χ1n) is 6.00. The molecule has 0 amide bonds. The highest BCUT2D eigenvalue weighted by molar-refractivity contribution is 5.46. The summed E-state index contributed by atoms with van der Waals surface area (Å²) in [6, 6.07) is 0. The Morgan fingerprint density at radius 3 is 2.75 bits per heavy atom. The number of hydrogen-bond acceptors (Lipinski definition) is 3. The molecule has 0 atom stereocenters. The van der Waals surface area contributed by atoms with E-state index < -0.39 is 0 Å². The third-order valence-corrected chi connectivity index (χ3v) is 3.28. The molecule has 1 aromatic rings. The van der Waals surface area contributed by atoms with Gasteiger partial charge in [-0.2, -0.15) is 5.10 Å². The molecule has 1 aliphatic rings. The SMILES string of the molecule is CNc1c(CN(C)CC2CC2)c(C)nn1C. The maximum absolute atomic E-state index is 4.46. The monoisotopic (exact) mass is 222 g/mol. The zero-order chi connectivity index (χ0) is 11.7. The van der Waals surface area contributed by atoms with Crippen LogP contribution in [0.15, 0.2) is 0 Å². The molecule has 0 saturated heterocycles. The van der Waals surface area contributed by atoms with Crippen molar-refractivity contribution in [2.75, 3.05) is 26.0 Å². The standard InChI is InChI=1S/C12H22N4/c1-9-11(12(13-2)16(4)14-9)8-15(3)7-10-5-6-10/h10,13H,5-8H2,1-4H3. The van der Waals surface area contributed by atoms with Crippen LogP contribution in [0.1, 0.15) is 24.1 Å². The van der Waals surface area contributed by atoms with E-state index in [0.29, 0.717) is 0 Å². The second-order valence-corrected chi connectivity index (χ2v) is 4.93. The van der Waals surface area contributed by atoms with Crippen molar-refractivity contribution in [1.82, 2.24) is 14.7 Å². The molecule has 2 rings (SSSR count). The number of nitrogens with zero attached hydrogens (tertiary/aromatic N) is 3. The summed E-state index contributed by atoms with van der Waals surface area (Å²) in [5.41, 5.74) is 2.46. The van der Waals surface area contributed by atoms with E-state index in [1.54, 1.807) is 0 Å². The minimum atomic E-state index is 0.944. The lowest BCUT2D eigenvalue weighted by Gasteiger charge is -2.16. The average Bonchev–Trinajstić information content (AvgIpc) is 2.96. The normalized spacial score (nSPS) is 15.8. The zero-order valence-electron chi connectivity index (χ0n) is 10.7. The van der Waals surface area contributed by atoms with Gasteiger partial charge in [-0.25, -0.2) is 0 Å². The van der Waals surface area contributed by atoms with Gasteiger partial charge in [-0.1, -0.05) is 0 Å². The molecule has 0 bridgehead atoms. The number of rotatable bonds is 5. The van der Waals surface area contributed by atoms with Gasteiger partial charge in [-0.15, -0.1) is 0 Å². The van der Waals surface area contributed by atoms with Gasteiger partial charge in [0, 0.05) is 32.7 Å². The Bertz CT molecular complexity index is 365. The predicted octanol–water partition coefficient (Wildman–Crippen LogP) is 1.61. The summed E-state index contributed by atoms with van der Waals surface area (Å²) in [5, 5.41) is 7.69. The number of hydrogen-bond donors (Lipinski definition) is 1. The van der Waals surface area contributed by atoms with Gasteiger partial charge in [0.05, 0.1) is 5.69 Å². The Labute approximate surface area is 97.6 Å². The fraction of sp³-hybridized carbons (Fsp3) is 0.750. The molecule has 0 spiro atoms. The highest BCUT2D eigenvalue weighted by atomic mass is 15.3. The predicted molar refractivity (Wildman–Crippen MR) is 66.5 cm³/mol. The molecular formula is C12H22N4. The molecule has 1 aromatic heterocycles. The molecule has 1 N–H and O–H groups in total. The molecule has 4 nitrogen and oxygen atoms in total. The molecule has 4 heteroatoms. The lowest BCUT2D eigenvalue weighted by Crippen LogP contribution is -2.21. The maximum atomic E-state index is 4.46. The molecule has 0 radical (unpaired) electrons. The fourth-order valence-electron chi connectivity index (χ4n) is 2.28. The van der Waals surface area contributed by atoms with Crippen LogP contribution in [-0.4, -0.2) is 35.3 Å². The largest absolute Gasteiger partial charge is 0.373 e. The average molecular weight is 222 g/mol. The molecule has 0 aromatic carbocycles. The Morgan fingerprint density at radius 2 is 2.19 bits per heavy atom. The van der Waals surface area contributed by atoms with Crippen molar-refractivity contribution in [2.24, 2.45) is 13.0 Å². The highest BCUT2D eigenvalue weighted by Gasteiger charge is 2.23. The first-order chi connectivity index (χ1) is 7.61. The molecule has 0 unspecified atom stereocenters. The third-order valence-electron chi connectivity index (χ3n) is 3.28. The van der Waals surface area contributed by atoms with Gasteiger partial charge < -0.3 is 10.2 Å². The van der Waals surface area contributed by atoms with Crippen molar-refractivity contribution in [2.45, 2.75) is 26.3 Å². The van der Waals surface area contributed by atoms with Crippen LogP contribution < -0.4 is 5.32 Å². The molecule has 1 aliphatic carbocycles. The van der Waals surface area contributed by atoms with E-state index in [0.717, 1.165) is 24.0 Å². The van der Waals surface area contributed by atoms with Crippen molar-refractivity contribution in [3.8, 4) is 0 Å². The molecular weight excluding hydrogens is 200 g/mol. The zero-order valence-corrected chi connectivity index (χ0v) is 10.7. The van der Waals surface area contributed by atoms with Crippen LogP contribution in [0.3, 0.4) is 0 Å². The molecule has 1 saturated carbocycles.